The first-order valence-corrected chi connectivity index (χ1v) is 11.0. The number of hydrogen-bond acceptors (Lipinski definition) is 5. The van der Waals surface area contributed by atoms with E-state index in [-0.39, 0.29) is 5.91 Å². The minimum absolute atomic E-state index is 0.131. The summed E-state index contributed by atoms with van der Waals surface area (Å²) in [6, 6.07) is 9.74. The van der Waals surface area contributed by atoms with E-state index in [4.69, 9.17) is 9.40 Å². The van der Waals surface area contributed by atoms with Gasteiger partial charge in [0.1, 0.15) is 10.8 Å². The molecule has 31 heavy (non-hydrogen) atoms. The van der Waals surface area contributed by atoms with E-state index in [1.807, 2.05) is 42.8 Å². The smallest absolute Gasteiger partial charge is 0.253 e. The minimum atomic E-state index is -0.131. The van der Waals surface area contributed by atoms with Crippen LogP contribution < -0.4 is 5.32 Å². The van der Waals surface area contributed by atoms with Crippen molar-refractivity contribution in [1.82, 2.24) is 19.9 Å². The Kier molecular flexibility index (Phi) is 6.13. The van der Waals surface area contributed by atoms with Crippen LogP contribution in [-0.2, 0) is 13.0 Å². The first-order valence-electron chi connectivity index (χ1n) is 10.1. The van der Waals surface area contributed by atoms with Crippen molar-refractivity contribution in [2.24, 2.45) is 0 Å². The van der Waals surface area contributed by atoms with Gasteiger partial charge in [0, 0.05) is 35.1 Å². The van der Waals surface area contributed by atoms with E-state index in [0.29, 0.717) is 18.7 Å². The lowest BCUT2D eigenvalue weighted by molar-refractivity contribution is 0.0957. The molecule has 0 unspecified atom stereocenters. The van der Waals surface area contributed by atoms with Crippen LogP contribution in [0.4, 0.5) is 0 Å². The molecular weight excluding hydrogens is 408 g/mol. The molecule has 158 valence electrons. The molecule has 0 saturated heterocycles. The van der Waals surface area contributed by atoms with E-state index in [1.54, 1.807) is 23.7 Å². The molecule has 0 fully saturated rings. The molecule has 4 aromatic rings. The topological polar surface area (TPSA) is 73.0 Å². The molecule has 0 atom stereocenters. The van der Waals surface area contributed by atoms with Gasteiger partial charge in [-0.05, 0) is 43.7 Å². The fourth-order valence-corrected chi connectivity index (χ4v) is 4.25. The van der Waals surface area contributed by atoms with E-state index in [0.717, 1.165) is 45.5 Å². The number of nitrogens with one attached hydrogen (secondary N) is 1. The molecule has 0 saturated carbocycles. The normalized spacial score (nSPS) is 10.9. The van der Waals surface area contributed by atoms with Gasteiger partial charge >= 0.3 is 0 Å². The molecule has 0 aliphatic rings. The molecule has 0 aliphatic carbocycles. The standard InChI is InChI=1S/C24H24N4O2S/c1-4-9-26-23(29)20-13-22(28(16(20)3)14-19-7-6-11-30-19)21-15-31-24(27-21)17-8-10-25-18(5-2)12-17/h4,6-8,10-13,15H,1,5,9,14H2,2-3H3,(H,26,29). The predicted molar refractivity (Wildman–Crippen MR) is 123 cm³/mol. The zero-order valence-electron chi connectivity index (χ0n) is 17.6. The van der Waals surface area contributed by atoms with Gasteiger partial charge in [0.2, 0.25) is 0 Å². The maximum atomic E-state index is 12.7. The van der Waals surface area contributed by atoms with Crippen molar-refractivity contribution in [2.45, 2.75) is 26.8 Å². The number of aryl methyl sites for hydroxylation is 1. The lowest BCUT2D eigenvalue weighted by Crippen LogP contribution is -2.23. The third-order valence-corrected chi connectivity index (χ3v) is 6.00. The number of rotatable bonds is 8. The number of thiazole rings is 1. The molecule has 7 heteroatoms. The molecule has 4 rings (SSSR count). The summed E-state index contributed by atoms with van der Waals surface area (Å²) in [5.74, 6) is 0.684. The molecule has 0 spiro atoms. The number of aromatic nitrogens is 3. The van der Waals surface area contributed by atoms with Gasteiger partial charge in [-0.25, -0.2) is 4.98 Å². The van der Waals surface area contributed by atoms with Crippen molar-refractivity contribution in [3.05, 3.63) is 83.5 Å². The number of furan rings is 1. The van der Waals surface area contributed by atoms with E-state index in [2.05, 4.69) is 34.4 Å². The van der Waals surface area contributed by atoms with Crippen molar-refractivity contribution in [1.29, 1.82) is 0 Å². The summed E-state index contributed by atoms with van der Waals surface area (Å²) < 4.78 is 7.63. The molecule has 0 radical (unpaired) electrons. The SMILES string of the molecule is C=CCNC(=O)c1cc(-c2csc(-c3ccnc(CC)c3)n2)n(Cc2ccco2)c1C. The van der Waals surface area contributed by atoms with Gasteiger partial charge < -0.3 is 14.3 Å². The average molecular weight is 433 g/mol. The Morgan fingerprint density at radius 1 is 1.35 bits per heavy atom. The number of carbonyl (C=O) groups is 1. The van der Waals surface area contributed by atoms with Gasteiger partial charge in [0.15, 0.2) is 0 Å². The lowest BCUT2D eigenvalue weighted by atomic mass is 10.2. The predicted octanol–water partition coefficient (Wildman–Crippen LogP) is 5.10. The largest absolute Gasteiger partial charge is 0.467 e. The summed E-state index contributed by atoms with van der Waals surface area (Å²) in [7, 11) is 0. The van der Waals surface area contributed by atoms with Gasteiger partial charge in [0.25, 0.3) is 5.91 Å². The average Bonchev–Trinajstić information content (AvgIpc) is 3.54. The lowest BCUT2D eigenvalue weighted by Gasteiger charge is -2.09. The van der Waals surface area contributed by atoms with Gasteiger partial charge in [-0.3, -0.25) is 9.78 Å². The van der Waals surface area contributed by atoms with E-state index < -0.39 is 0 Å². The Balaban J connectivity index is 1.75. The van der Waals surface area contributed by atoms with E-state index >= 15 is 0 Å². The Morgan fingerprint density at radius 2 is 2.23 bits per heavy atom. The van der Waals surface area contributed by atoms with Crippen LogP contribution >= 0.6 is 11.3 Å². The third kappa shape index (κ3) is 4.36. The second kappa shape index (κ2) is 9.14. The van der Waals surface area contributed by atoms with Crippen LogP contribution in [-0.4, -0.2) is 27.0 Å². The molecule has 4 aromatic heterocycles. The van der Waals surface area contributed by atoms with Crippen LogP contribution in [0, 0.1) is 6.92 Å². The quantitative estimate of drug-likeness (QED) is 0.393. The summed E-state index contributed by atoms with van der Waals surface area (Å²) in [5, 5.41) is 5.82. The molecule has 0 bridgehead atoms. The fraction of sp³-hybridized carbons (Fsp3) is 0.208. The van der Waals surface area contributed by atoms with Gasteiger partial charge in [0.05, 0.1) is 29.8 Å². The number of amides is 1. The zero-order valence-corrected chi connectivity index (χ0v) is 18.4. The molecule has 1 amide bonds. The highest BCUT2D eigenvalue weighted by atomic mass is 32.1. The van der Waals surface area contributed by atoms with E-state index in [9.17, 15) is 4.79 Å². The van der Waals surface area contributed by atoms with E-state index in [1.165, 1.54) is 0 Å². The highest BCUT2D eigenvalue weighted by Gasteiger charge is 2.21. The van der Waals surface area contributed by atoms with Crippen LogP contribution in [0.2, 0.25) is 0 Å². The third-order valence-electron chi connectivity index (χ3n) is 5.10. The minimum Gasteiger partial charge on any atom is -0.467 e. The maximum absolute atomic E-state index is 12.7. The fourth-order valence-electron chi connectivity index (χ4n) is 3.44. The molecule has 0 aliphatic heterocycles. The Hall–Kier alpha value is -3.45. The second-order valence-electron chi connectivity index (χ2n) is 7.12. The molecule has 4 heterocycles. The van der Waals surface area contributed by atoms with Gasteiger partial charge in [-0.1, -0.05) is 13.0 Å². The van der Waals surface area contributed by atoms with Crippen LogP contribution in [0.3, 0.4) is 0 Å². The molecular formula is C24H24N4O2S. The van der Waals surface area contributed by atoms with Crippen molar-refractivity contribution >= 4 is 17.2 Å². The number of nitrogens with zero attached hydrogens (tertiary/aromatic N) is 3. The van der Waals surface area contributed by atoms with Crippen molar-refractivity contribution < 1.29 is 9.21 Å². The second-order valence-corrected chi connectivity index (χ2v) is 7.98. The first-order chi connectivity index (χ1) is 15.1. The number of hydrogen-bond donors (Lipinski definition) is 1. The number of pyridine rings is 1. The van der Waals surface area contributed by atoms with Gasteiger partial charge in [-0.2, -0.15) is 0 Å². The Bertz CT molecular complexity index is 1200. The molecule has 0 aromatic carbocycles. The van der Waals surface area contributed by atoms with Crippen LogP contribution in [0.1, 0.15) is 34.4 Å². The maximum Gasteiger partial charge on any atom is 0.253 e. The molecule has 1 N–H and O–H groups in total. The summed E-state index contributed by atoms with van der Waals surface area (Å²) in [5.41, 5.74) is 5.27. The Labute approximate surface area is 185 Å². The summed E-state index contributed by atoms with van der Waals surface area (Å²) in [6.45, 7) is 8.63. The van der Waals surface area contributed by atoms with Crippen LogP contribution in [0.25, 0.3) is 22.0 Å². The van der Waals surface area contributed by atoms with Gasteiger partial charge in [-0.15, -0.1) is 17.9 Å². The van der Waals surface area contributed by atoms with Crippen LogP contribution in [0.5, 0.6) is 0 Å². The summed E-state index contributed by atoms with van der Waals surface area (Å²) in [4.78, 5) is 22.0. The highest BCUT2D eigenvalue weighted by Crippen LogP contribution is 2.32. The first kappa shape index (κ1) is 20.8. The Morgan fingerprint density at radius 3 is 2.97 bits per heavy atom. The van der Waals surface area contributed by atoms with Crippen molar-refractivity contribution in [3.8, 4) is 22.0 Å². The number of carbonyl (C=O) groups excluding carboxylic acids is 1. The monoisotopic (exact) mass is 432 g/mol. The van der Waals surface area contributed by atoms with Crippen molar-refractivity contribution in [3.63, 3.8) is 0 Å². The summed E-state index contributed by atoms with van der Waals surface area (Å²) >= 11 is 1.58. The van der Waals surface area contributed by atoms with Crippen LogP contribution in [0.15, 0.2) is 65.2 Å². The zero-order chi connectivity index (χ0) is 21.8. The summed E-state index contributed by atoms with van der Waals surface area (Å²) in [6.07, 6.45) is 6.02. The highest BCUT2D eigenvalue weighted by molar-refractivity contribution is 7.13. The molecule has 6 nitrogen and oxygen atoms in total. The van der Waals surface area contributed by atoms with Crippen molar-refractivity contribution in [2.75, 3.05) is 6.54 Å².